The van der Waals surface area contributed by atoms with Crippen LogP contribution in [0.5, 0.6) is 5.75 Å². The molecule has 37 heavy (non-hydrogen) atoms. The molecule has 8 heteroatoms. The number of amides is 1. The van der Waals surface area contributed by atoms with Crippen molar-refractivity contribution in [1.82, 2.24) is 19.0 Å². The summed E-state index contributed by atoms with van der Waals surface area (Å²) in [7, 11) is 3.55. The van der Waals surface area contributed by atoms with E-state index in [1.807, 2.05) is 63.5 Å². The molecule has 188 valence electrons. The van der Waals surface area contributed by atoms with Crippen molar-refractivity contribution in [2.75, 3.05) is 13.7 Å². The maximum absolute atomic E-state index is 13.5. The van der Waals surface area contributed by atoms with Gasteiger partial charge in [0, 0.05) is 37.8 Å². The van der Waals surface area contributed by atoms with Crippen LogP contribution in [0.3, 0.4) is 0 Å². The third kappa shape index (κ3) is 3.78. The van der Waals surface area contributed by atoms with Crippen LogP contribution in [0.25, 0.3) is 22.6 Å². The van der Waals surface area contributed by atoms with Gasteiger partial charge in [-0.15, -0.1) is 0 Å². The van der Waals surface area contributed by atoms with Crippen LogP contribution in [0, 0.1) is 17.2 Å². The minimum atomic E-state index is -0.0203. The summed E-state index contributed by atoms with van der Waals surface area (Å²) in [6.45, 7) is 1.36. The molecule has 0 unspecified atom stereocenters. The number of imidazole rings is 1. The monoisotopic (exact) mass is 494 g/mol. The summed E-state index contributed by atoms with van der Waals surface area (Å²) in [4.78, 5) is 20.4. The van der Waals surface area contributed by atoms with Gasteiger partial charge in [0.2, 0.25) is 0 Å². The van der Waals surface area contributed by atoms with Crippen LogP contribution in [0.4, 0.5) is 0 Å². The van der Waals surface area contributed by atoms with Crippen molar-refractivity contribution in [3.8, 4) is 23.3 Å². The molecule has 0 spiro atoms. The minimum Gasteiger partial charge on any atom is -0.494 e. The Morgan fingerprint density at radius 2 is 2.00 bits per heavy atom. The molecule has 1 aliphatic carbocycles. The van der Waals surface area contributed by atoms with E-state index in [9.17, 15) is 10.1 Å². The van der Waals surface area contributed by atoms with Crippen molar-refractivity contribution in [2.45, 2.75) is 37.9 Å². The number of piperidine rings is 1. The largest absolute Gasteiger partial charge is 0.494 e. The predicted octanol–water partition coefficient (Wildman–Crippen LogP) is 3.73. The van der Waals surface area contributed by atoms with Crippen LogP contribution in [-0.2, 0) is 20.0 Å². The van der Waals surface area contributed by atoms with Crippen LogP contribution >= 0.6 is 0 Å². The van der Waals surface area contributed by atoms with E-state index in [0.717, 1.165) is 36.3 Å². The Balaban J connectivity index is 1.38. The molecule has 1 saturated heterocycles. The molecule has 2 bridgehead atoms. The van der Waals surface area contributed by atoms with Gasteiger partial charge in [0.05, 0.1) is 18.3 Å². The number of rotatable bonds is 6. The zero-order chi connectivity index (χ0) is 25.7. The van der Waals surface area contributed by atoms with Gasteiger partial charge in [-0.3, -0.25) is 4.79 Å². The van der Waals surface area contributed by atoms with Gasteiger partial charge in [-0.05, 0) is 55.0 Å². The van der Waals surface area contributed by atoms with Gasteiger partial charge in [-0.1, -0.05) is 30.3 Å². The lowest BCUT2D eigenvalue weighted by Gasteiger charge is -2.27. The molecule has 1 amide bonds. The first-order valence-electron chi connectivity index (χ1n) is 12.7. The number of nitriles is 1. The maximum atomic E-state index is 13.5. The third-order valence-corrected chi connectivity index (χ3v) is 8.11. The highest BCUT2D eigenvalue weighted by molar-refractivity contribution is 6.00. The third-order valence-electron chi connectivity index (χ3n) is 8.11. The first kappa shape index (κ1) is 23.3. The molecule has 2 aromatic heterocycles. The van der Waals surface area contributed by atoms with Crippen LogP contribution in [0.2, 0.25) is 0 Å². The number of aryl methyl sites for hydroxylation is 2. The number of nitrogens with zero attached hydrogens (tertiary/aromatic N) is 5. The lowest BCUT2D eigenvalue weighted by molar-refractivity contribution is 0.0700. The van der Waals surface area contributed by atoms with Crippen LogP contribution in [-0.4, -0.2) is 50.7 Å². The molecule has 6 rings (SSSR count). The van der Waals surface area contributed by atoms with Gasteiger partial charge in [-0.2, -0.15) is 5.26 Å². The standard InChI is InChI=1S/C29H30N6O2/c1-33-27-22(14-20(15-25(27)37-2)29(36)35-17-19-8-10-23(35)26(19)31)32-28(33)24-11-9-21(16-30)34(24)13-12-18-6-4-3-5-7-18/h3-7,9,11,14-15,19,23,26H,8,10,12-13,17,31H2,1-2H3/t19-,23-,26-/m1/s1. The minimum absolute atomic E-state index is 0.0203. The van der Waals surface area contributed by atoms with Crippen molar-refractivity contribution in [3.05, 3.63) is 71.4 Å². The number of methoxy groups -OCH3 is 1. The van der Waals surface area contributed by atoms with Gasteiger partial charge in [0.15, 0.2) is 5.82 Å². The van der Waals surface area contributed by atoms with Crippen LogP contribution < -0.4 is 10.5 Å². The fourth-order valence-electron chi connectivity index (χ4n) is 6.15. The second-order valence-corrected chi connectivity index (χ2v) is 10.1. The van der Waals surface area contributed by atoms with Crippen LogP contribution in [0.15, 0.2) is 54.6 Å². The van der Waals surface area contributed by atoms with E-state index in [1.54, 1.807) is 7.11 Å². The van der Waals surface area contributed by atoms with Crippen molar-refractivity contribution in [2.24, 2.45) is 18.7 Å². The molecule has 2 aromatic carbocycles. The summed E-state index contributed by atoms with van der Waals surface area (Å²) in [6.07, 6.45) is 2.85. The number of carbonyl (C=O) groups is 1. The highest BCUT2D eigenvalue weighted by Gasteiger charge is 2.47. The van der Waals surface area contributed by atoms with Crippen molar-refractivity contribution >= 4 is 16.9 Å². The number of aromatic nitrogens is 3. The summed E-state index contributed by atoms with van der Waals surface area (Å²) in [5.74, 6) is 1.68. The van der Waals surface area contributed by atoms with Gasteiger partial charge < -0.3 is 24.5 Å². The Bertz CT molecular complexity index is 1530. The molecular weight excluding hydrogens is 464 g/mol. The lowest BCUT2D eigenvalue weighted by Crippen LogP contribution is -2.41. The van der Waals surface area contributed by atoms with E-state index in [1.165, 1.54) is 5.56 Å². The van der Waals surface area contributed by atoms with Gasteiger partial charge in [0.1, 0.15) is 23.0 Å². The summed E-state index contributed by atoms with van der Waals surface area (Å²) in [6, 6.07) is 20.1. The van der Waals surface area contributed by atoms with Gasteiger partial charge >= 0.3 is 0 Å². The summed E-state index contributed by atoms with van der Waals surface area (Å²) in [5.41, 5.74) is 11.0. The quantitative estimate of drug-likeness (QED) is 0.440. The Morgan fingerprint density at radius 1 is 1.19 bits per heavy atom. The number of benzene rings is 2. The Kier molecular flexibility index (Phi) is 5.73. The molecule has 2 N–H and O–H groups in total. The lowest BCUT2D eigenvalue weighted by atomic mass is 10.1. The normalized spacial score (nSPS) is 20.5. The highest BCUT2D eigenvalue weighted by Crippen LogP contribution is 2.39. The average Bonchev–Trinajstić information content (AvgIpc) is 3.68. The topological polar surface area (TPSA) is 102 Å². The second-order valence-electron chi connectivity index (χ2n) is 10.1. The highest BCUT2D eigenvalue weighted by atomic mass is 16.5. The van der Waals surface area contributed by atoms with E-state index in [4.69, 9.17) is 15.5 Å². The SMILES string of the molecule is COc1cc(C(=O)N2C[C@H]3CC[C@@H]2[C@@H]3N)cc2nc(-c3ccc(C#N)n3CCc3ccccc3)n(C)c12. The molecule has 8 nitrogen and oxygen atoms in total. The second kappa shape index (κ2) is 9.09. The number of hydrogen-bond acceptors (Lipinski definition) is 5. The summed E-state index contributed by atoms with van der Waals surface area (Å²) in [5, 5.41) is 9.76. The zero-order valence-corrected chi connectivity index (χ0v) is 21.1. The average molecular weight is 495 g/mol. The van der Waals surface area contributed by atoms with Gasteiger partial charge in [-0.25, -0.2) is 4.98 Å². The smallest absolute Gasteiger partial charge is 0.254 e. The van der Waals surface area contributed by atoms with Crippen LogP contribution in [0.1, 0.15) is 34.5 Å². The summed E-state index contributed by atoms with van der Waals surface area (Å²) < 4.78 is 9.73. The Hall–Kier alpha value is -4.09. The van der Waals surface area contributed by atoms with E-state index in [2.05, 4.69) is 18.2 Å². The Morgan fingerprint density at radius 3 is 2.68 bits per heavy atom. The molecule has 2 fully saturated rings. The van der Waals surface area contributed by atoms with E-state index >= 15 is 0 Å². The predicted molar refractivity (Wildman–Crippen MR) is 141 cm³/mol. The number of carbonyl (C=O) groups excluding carboxylic acids is 1. The first-order chi connectivity index (χ1) is 18.0. The number of fused-ring (bicyclic) bond motifs is 3. The molecule has 0 radical (unpaired) electrons. The maximum Gasteiger partial charge on any atom is 0.254 e. The number of likely N-dealkylation sites (tertiary alicyclic amines) is 1. The van der Waals surface area contributed by atoms with Crippen molar-refractivity contribution in [3.63, 3.8) is 0 Å². The summed E-state index contributed by atoms with van der Waals surface area (Å²) >= 11 is 0. The number of ether oxygens (including phenoxy) is 1. The van der Waals surface area contributed by atoms with E-state index < -0.39 is 0 Å². The van der Waals surface area contributed by atoms with E-state index in [-0.39, 0.29) is 18.0 Å². The molecule has 3 atom stereocenters. The number of hydrogen-bond donors (Lipinski definition) is 1. The fraction of sp³-hybridized carbons (Fsp3) is 0.345. The molecule has 1 saturated carbocycles. The Labute approximate surface area is 215 Å². The molecular formula is C29H30N6O2. The molecule has 3 heterocycles. The molecule has 4 aromatic rings. The molecule has 1 aliphatic heterocycles. The zero-order valence-electron chi connectivity index (χ0n) is 21.1. The molecule has 2 aliphatic rings. The van der Waals surface area contributed by atoms with E-state index in [0.29, 0.717) is 41.5 Å². The number of nitrogens with two attached hydrogens (primary N) is 1. The van der Waals surface area contributed by atoms with Crippen molar-refractivity contribution < 1.29 is 9.53 Å². The van der Waals surface area contributed by atoms with Crippen molar-refractivity contribution in [1.29, 1.82) is 5.26 Å². The first-order valence-corrected chi connectivity index (χ1v) is 12.7. The van der Waals surface area contributed by atoms with Gasteiger partial charge in [0.25, 0.3) is 5.91 Å². The fourth-order valence-corrected chi connectivity index (χ4v) is 6.15.